The maximum atomic E-state index is 11.0. The van der Waals surface area contributed by atoms with E-state index >= 15 is 0 Å². The summed E-state index contributed by atoms with van der Waals surface area (Å²) in [5.74, 6) is 0.259. The van der Waals surface area contributed by atoms with Crippen LogP contribution in [0.1, 0.15) is 29.8 Å². The fourth-order valence-electron chi connectivity index (χ4n) is 4.53. The first-order valence-electron chi connectivity index (χ1n) is 9.72. The zero-order valence-corrected chi connectivity index (χ0v) is 15.3. The number of benzene rings is 1. The van der Waals surface area contributed by atoms with Gasteiger partial charge in [-0.15, -0.1) is 0 Å². The number of carboxylic acid groups (broad SMARTS) is 1. The van der Waals surface area contributed by atoms with Crippen LogP contribution in [-0.2, 0) is 11.3 Å². The molecule has 2 aromatic rings. The third-order valence-electron chi connectivity index (χ3n) is 6.27. The van der Waals surface area contributed by atoms with Crippen molar-refractivity contribution in [2.45, 2.75) is 25.4 Å². The second kappa shape index (κ2) is 6.53. The van der Waals surface area contributed by atoms with Gasteiger partial charge >= 0.3 is 5.97 Å². The third kappa shape index (κ3) is 2.94. The van der Waals surface area contributed by atoms with E-state index in [1.165, 1.54) is 16.8 Å². The van der Waals surface area contributed by atoms with Crippen LogP contribution in [0, 0.1) is 5.92 Å². The molecule has 2 fully saturated rings. The number of piperazine rings is 1. The molecule has 3 heterocycles. The second-order valence-corrected chi connectivity index (χ2v) is 7.79. The van der Waals surface area contributed by atoms with Crippen LogP contribution in [0.2, 0.25) is 0 Å². The van der Waals surface area contributed by atoms with E-state index in [1.54, 1.807) is 0 Å². The molecule has 0 bridgehead atoms. The lowest BCUT2D eigenvalue weighted by atomic mass is 9.79. The number of nitrogens with zero attached hydrogens (tertiary/aromatic N) is 4. The first-order valence-corrected chi connectivity index (χ1v) is 9.72. The van der Waals surface area contributed by atoms with Crippen LogP contribution in [0.3, 0.4) is 0 Å². The van der Waals surface area contributed by atoms with E-state index in [0.29, 0.717) is 6.04 Å². The van der Waals surface area contributed by atoms with Crippen molar-refractivity contribution in [1.29, 1.82) is 0 Å². The van der Waals surface area contributed by atoms with Crippen molar-refractivity contribution in [3.8, 4) is 0 Å². The summed E-state index contributed by atoms with van der Waals surface area (Å²) in [5, 5.41) is 9.10. The predicted octanol–water partition coefficient (Wildman–Crippen LogP) is 2.22. The molecule has 1 saturated heterocycles. The predicted molar refractivity (Wildman–Crippen MR) is 103 cm³/mol. The van der Waals surface area contributed by atoms with Crippen LogP contribution in [0.5, 0.6) is 0 Å². The number of aromatic nitrogens is 2. The van der Waals surface area contributed by atoms with Crippen molar-refractivity contribution in [3.63, 3.8) is 0 Å². The lowest BCUT2D eigenvalue weighted by Gasteiger charge is -2.46. The maximum absolute atomic E-state index is 11.0. The minimum atomic E-state index is -0.640. The van der Waals surface area contributed by atoms with Crippen LogP contribution in [0.4, 0.5) is 0 Å². The number of hydrogen-bond donors (Lipinski definition) is 1. The zero-order valence-electron chi connectivity index (χ0n) is 15.3. The lowest BCUT2D eigenvalue weighted by molar-refractivity contribution is -0.147. The standard InChI is InChI=1S/C21H24N4O2/c26-21(27)17-11-18(12-17)23-7-9-24(10-8-23)19-13-15-3-1-2-4-16(15)14-25-6-5-22-20(19)25/h1-6,13,17-18H,7-12,14H2,(H,26,27). The molecule has 0 radical (unpaired) electrons. The minimum absolute atomic E-state index is 0.137. The van der Waals surface area contributed by atoms with Gasteiger partial charge in [-0.05, 0) is 30.0 Å². The Hall–Kier alpha value is -2.60. The summed E-state index contributed by atoms with van der Waals surface area (Å²) < 4.78 is 2.23. The van der Waals surface area contributed by atoms with E-state index in [-0.39, 0.29) is 5.92 Å². The van der Waals surface area contributed by atoms with Crippen molar-refractivity contribution in [3.05, 3.63) is 53.6 Å². The van der Waals surface area contributed by atoms with Gasteiger partial charge in [0.2, 0.25) is 0 Å². The fourth-order valence-corrected chi connectivity index (χ4v) is 4.53. The molecule has 27 heavy (non-hydrogen) atoms. The first-order chi connectivity index (χ1) is 13.2. The molecule has 5 rings (SSSR count). The van der Waals surface area contributed by atoms with Crippen LogP contribution < -0.4 is 0 Å². The number of hydrogen-bond acceptors (Lipinski definition) is 4. The van der Waals surface area contributed by atoms with E-state index in [0.717, 1.165) is 51.4 Å². The highest BCUT2D eigenvalue weighted by Crippen LogP contribution is 2.34. The Bertz CT molecular complexity index is 889. The van der Waals surface area contributed by atoms with Gasteiger partial charge in [-0.2, -0.15) is 0 Å². The first kappa shape index (κ1) is 16.6. The number of fused-ring (bicyclic) bond motifs is 2. The van der Waals surface area contributed by atoms with Gasteiger partial charge in [0, 0.05) is 51.2 Å². The van der Waals surface area contributed by atoms with Crippen LogP contribution in [0.25, 0.3) is 11.8 Å². The summed E-state index contributed by atoms with van der Waals surface area (Å²) in [6, 6.07) is 8.99. The molecule has 6 nitrogen and oxygen atoms in total. The smallest absolute Gasteiger partial charge is 0.306 e. The van der Waals surface area contributed by atoms with Crippen LogP contribution in [-0.4, -0.2) is 62.6 Å². The second-order valence-electron chi connectivity index (χ2n) is 7.79. The van der Waals surface area contributed by atoms with Crippen molar-refractivity contribution in [2.75, 3.05) is 26.2 Å². The molecule has 0 unspecified atom stereocenters. The zero-order chi connectivity index (χ0) is 18.4. The highest BCUT2D eigenvalue weighted by atomic mass is 16.4. The minimum Gasteiger partial charge on any atom is -0.481 e. The molecule has 0 amide bonds. The average molecular weight is 364 g/mol. The number of aliphatic carboxylic acids is 1. The largest absolute Gasteiger partial charge is 0.481 e. The molecule has 2 aliphatic heterocycles. The van der Waals surface area contributed by atoms with Gasteiger partial charge in [-0.3, -0.25) is 9.69 Å². The highest BCUT2D eigenvalue weighted by Gasteiger charge is 2.39. The number of carboxylic acids is 1. The van der Waals surface area contributed by atoms with E-state index in [1.807, 2.05) is 6.20 Å². The van der Waals surface area contributed by atoms with Crippen molar-refractivity contribution in [1.82, 2.24) is 19.4 Å². The highest BCUT2D eigenvalue weighted by molar-refractivity contribution is 5.80. The van der Waals surface area contributed by atoms with Gasteiger partial charge in [0.05, 0.1) is 11.6 Å². The Balaban J connectivity index is 1.34. The molecule has 0 atom stereocenters. The van der Waals surface area contributed by atoms with Gasteiger partial charge in [0.1, 0.15) is 0 Å². The monoisotopic (exact) mass is 364 g/mol. The molecule has 3 aliphatic rings. The van der Waals surface area contributed by atoms with E-state index in [4.69, 9.17) is 5.11 Å². The summed E-state index contributed by atoms with van der Waals surface area (Å²) >= 11 is 0. The molecule has 1 aliphatic carbocycles. The lowest BCUT2D eigenvalue weighted by Crippen LogP contribution is -2.54. The molecule has 1 aromatic carbocycles. The number of imidazole rings is 1. The summed E-state index contributed by atoms with van der Waals surface area (Å²) in [5.41, 5.74) is 3.78. The number of rotatable bonds is 3. The molecule has 6 heteroatoms. The van der Waals surface area contributed by atoms with Crippen molar-refractivity contribution in [2.24, 2.45) is 5.92 Å². The Morgan fingerprint density at radius 2 is 1.89 bits per heavy atom. The number of carbonyl (C=O) groups is 1. The quantitative estimate of drug-likeness (QED) is 0.905. The normalized spacial score (nSPS) is 25.0. The summed E-state index contributed by atoms with van der Waals surface area (Å²) in [4.78, 5) is 20.6. The van der Waals surface area contributed by atoms with E-state index in [9.17, 15) is 4.79 Å². The van der Waals surface area contributed by atoms with Crippen molar-refractivity contribution < 1.29 is 9.90 Å². The van der Waals surface area contributed by atoms with Crippen LogP contribution in [0.15, 0.2) is 36.7 Å². The molecule has 140 valence electrons. The Morgan fingerprint density at radius 1 is 1.11 bits per heavy atom. The van der Waals surface area contributed by atoms with E-state index < -0.39 is 5.97 Å². The third-order valence-corrected chi connectivity index (χ3v) is 6.27. The molecular weight excluding hydrogens is 340 g/mol. The van der Waals surface area contributed by atoms with Crippen molar-refractivity contribution >= 4 is 17.7 Å². The summed E-state index contributed by atoms with van der Waals surface area (Å²) in [6.45, 7) is 4.72. The van der Waals surface area contributed by atoms with Gasteiger partial charge in [-0.1, -0.05) is 24.3 Å². The SMILES string of the molecule is O=C(O)C1CC(N2CCN(C3=Cc4ccccc4Cn4ccnc43)CC2)C1. The molecule has 0 spiro atoms. The fraction of sp³-hybridized carbons (Fsp3) is 0.429. The molecule has 1 aromatic heterocycles. The average Bonchev–Trinajstić information content (AvgIpc) is 3.02. The molecule has 1 saturated carbocycles. The summed E-state index contributed by atoms with van der Waals surface area (Å²) in [6.07, 6.45) is 7.82. The van der Waals surface area contributed by atoms with Gasteiger partial charge < -0.3 is 14.6 Å². The van der Waals surface area contributed by atoms with Gasteiger partial charge in [0.15, 0.2) is 5.82 Å². The Labute approximate surface area is 158 Å². The van der Waals surface area contributed by atoms with E-state index in [2.05, 4.69) is 55.9 Å². The topological polar surface area (TPSA) is 61.6 Å². The van der Waals surface area contributed by atoms with Gasteiger partial charge in [0.25, 0.3) is 0 Å². The summed E-state index contributed by atoms with van der Waals surface area (Å²) in [7, 11) is 0. The Kier molecular flexibility index (Phi) is 4.01. The Morgan fingerprint density at radius 3 is 2.67 bits per heavy atom. The van der Waals surface area contributed by atoms with Crippen LogP contribution >= 0.6 is 0 Å². The maximum Gasteiger partial charge on any atom is 0.306 e. The molecule has 1 N–H and O–H groups in total. The molecular formula is C21H24N4O2. The van der Waals surface area contributed by atoms with Gasteiger partial charge in [-0.25, -0.2) is 4.98 Å².